The summed E-state index contributed by atoms with van der Waals surface area (Å²) >= 11 is 0. The standard InChI is InChI=1S/C15H25N3O/c1-5-15(9-6-10-15)18-12-8-7-11(16)13(17-12)19-14(2,3)4/h7-8H,5-6,9-10,16H2,1-4H3,(H,17,18). The lowest BCUT2D eigenvalue weighted by molar-refractivity contribution is 0.125. The minimum absolute atomic E-state index is 0.224. The van der Waals surface area contributed by atoms with E-state index in [9.17, 15) is 0 Å². The van der Waals surface area contributed by atoms with E-state index in [1.54, 1.807) is 0 Å². The van der Waals surface area contributed by atoms with Gasteiger partial charge in [0.2, 0.25) is 5.88 Å². The molecule has 1 heterocycles. The molecule has 0 spiro atoms. The predicted octanol–water partition coefficient (Wildman–Crippen LogP) is 3.59. The van der Waals surface area contributed by atoms with Crippen molar-refractivity contribution in [3.05, 3.63) is 12.1 Å². The van der Waals surface area contributed by atoms with Crippen LogP contribution in [0.25, 0.3) is 0 Å². The largest absolute Gasteiger partial charge is 0.470 e. The van der Waals surface area contributed by atoms with Crippen molar-refractivity contribution in [3.8, 4) is 5.88 Å². The summed E-state index contributed by atoms with van der Waals surface area (Å²) in [5.74, 6) is 1.37. The highest BCUT2D eigenvalue weighted by atomic mass is 16.5. The molecule has 0 aromatic carbocycles. The van der Waals surface area contributed by atoms with Gasteiger partial charge in [-0.2, -0.15) is 4.98 Å². The third kappa shape index (κ3) is 3.31. The van der Waals surface area contributed by atoms with Gasteiger partial charge >= 0.3 is 0 Å². The number of nitrogen functional groups attached to an aromatic ring is 1. The summed E-state index contributed by atoms with van der Waals surface area (Å²) in [6.07, 6.45) is 4.84. The Hall–Kier alpha value is -1.45. The molecule has 1 aromatic heterocycles. The first-order chi connectivity index (χ1) is 8.84. The number of rotatable bonds is 4. The number of ether oxygens (including phenoxy) is 1. The smallest absolute Gasteiger partial charge is 0.239 e. The summed E-state index contributed by atoms with van der Waals surface area (Å²) in [5, 5.41) is 3.55. The van der Waals surface area contributed by atoms with Crippen molar-refractivity contribution in [3.63, 3.8) is 0 Å². The van der Waals surface area contributed by atoms with Gasteiger partial charge in [-0.25, -0.2) is 0 Å². The van der Waals surface area contributed by atoms with Crippen molar-refractivity contribution in [2.24, 2.45) is 0 Å². The van der Waals surface area contributed by atoms with E-state index < -0.39 is 0 Å². The number of hydrogen-bond donors (Lipinski definition) is 2. The molecule has 106 valence electrons. The molecule has 0 unspecified atom stereocenters. The zero-order chi connectivity index (χ0) is 14.1. The van der Waals surface area contributed by atoms with Gasteiger partial charge in [0.05, 0.1) is 5.69 Å². The molecule has 3 N–H and O–H groups in total. The third-order valence-electron chi connectivity index (χ3n) is 3.67. The molecule has 1 aromatic rings. The molecule has 0 atom stereocenters. The van der Waals surface area contributed by atoms with Gasteiger partial charge in [-0.15, -0.1) is 0 Å². The summed E-state index contributed by atoms with van der Waals surface area (Å²) in [5.41, 5.74) is 6.44. The number of pyridine rings is 1. The lowest BCUT2D eigenvalue weighted by atomic mass is 9.75. The van der Waals surface area contributed by atoms with Crippen LogP contribution in [0.3, 0.4) is 0 Å². The average molecular weight is 263 g/mol. The quantitative estimate of drug-likeness (QED) is 0.871. The Morgan fingerprint density at radius 1 is 1.37 bits per heavy atom. The van der Waals surface area contributed by atoms with Crippen LogP contribution in [0.2, 0.25) is 0 Å². The molecule has 2 rings (SSSR count). The number of nitrogens with one attached hydrogen (secondary N) is 1. The molecule has 0 saturated heterocycles. The van der Waals surface area contributed by atoms with Crippen LogP contribution in [-0.4, -0.2) is 16.1 Å². The monoisotopic (exact) mass is 263 g/mol. The maximum Gasteiger partial charge on any atom is 0.239 e. The zero-order valence-electron chi connectivity index (χ0n) is 12.4. The molecular weight excluding hydrogens is 238 g/mol. The van der Waals surface area contributed by atoms with Crippen LogP contribution in [0.15, 0.2) is 12.1 Å². The first-order valence-corrected chi connectivity index (χ1v) is 7.07. The molecule has 4 heteroatoms. The molecule has 0 amide bonds. The Bertz CT molecular complexity index is 442. The van der Waals surface area contributed by atoms with Crippen LogP contribution in [0.4, 0.5) is 11.5 Å². The normalized spacial score (nSPS) is 17.7. The number of aromatic nitrogens is 1. The van der Waals surface area contributed by atoms with Gasteiger partial charge in [0.15, 0.2) is 0 Å². The molecule has 4 nitrogen and oxygen atoms in total. The highest BCUT2D eigenvalue weighted by molar-refractivity contribution is 5.54. The van der Waals surface area contributed by atoms with E-state index in [1.807, 2.05) is 32.9 Å². The highest BCUT2D eigenvalue weighted by Gasteiger charge is 2.35. The summed E-state index contributed by atoms with van der Waals surface area (Å²) < 4.78 is 5.80. The minimum atomic E-state index is -0.293. The summed E-state index contributed by atoms with van der Waals surface area (Å²) in [7, 11) is 0. The lowest BCUT2D eigenvalue weighted by Gasteiger charge is -2.42. The second kappa shape index (κ2) is 4.91. The maximum atomic E-state index is 5.92. The fourth-order valence-electron chi connectivity index (χ4n) is 2.33. The minimum Gasteiger partial charge on any atom is -0.470 e. The summed E-state index contributed by atoms with van der Waals surface area (Å²) in [6.45, 7) is 8.20. The van der Waals surface area contributed by atoms with Crippen molar-refractivity contribution in [1.29, 1.82) is 0 Å². The molecule has 1 saturated carbocycles. The molecule has 0 radical (unpaired) electrons. The molecule has 1 aliphatic carbocycles. The third-order valence-corrected chi connectivity index (χ3v) is 3.67. The van der Waals surface area contributed by atoms with Gasteiger partial charge in [0, 0.05) is 5.54 Å². The zero-order valence-corrected chi connectivity index (χ0v) is 12.4. The van der Waals surface area contributed by atoms with E-state index in [0.717, 1.165) is 12.2 Å². The van der Waals surface area contributed by atoms with Crippen LogP contribution in [0, 0.1) is 0 Å². The molecule has 1 aliphatic rings. The van der Waals surface area contributed by atoms with E-state index in [4.69, 9.17) is 10.5 Å². The van der Waals surface area contributed by atoms with Gasteiger partial charge in [-0.3, -0.25) is 0 Å². The molecule has 1 fully saturated rings. The Balaban J connectivity index is 2.16. The van der Waals surface area contributed by atoms with Crippen LogP contribution in [0.1, 0.15) is 53.4 Å². The van der Waals surface area contributed by atoms with E-state index in [0.29, 0.717) is 11.6 Å². The summed E-state index contributed by atoms with van der Waals surface area (Å²) in [4.78, 5) is 4.51. The van der Waals surface area contributed by atoms with Crippen LogP contribution in [-0.2, 0) is 0 Å². The Kier molecular flexibility index (Phi) is 3.61. The van der Waals surface area contributed by atoms with Gasteiger partial charge in [0.1, 0.15) is 11.4 Å². The number of hydrogen-bond acceptors (Lipinski definition) is 4. The van der Waals surface area contributed by atoms with Crippen LogP contribution in [0.5, 0.6) is 5.88 Å². The molecule has 19 heavy (non-hydrogen) atoms. The first-order valence-electron chi connectivity index (χ1n) is 7.07. The van der Waals surface area contributed by atoms with Crippen LogP contribution >= 0.6 is 0 Å². The molecule has 0 bridgehead atoms. The number of nitrogens with zero attached hydrogens (tertiary/aromatic N) is 1. The predicted molar refractivity (Wildman–Crippen MR) is 79.5 cm³/mol. The Labute approximate surface area is 115 Å². The van der Waals surface area contributed by atoms with Crippen molar-refractivity contribution < 1.29 is 4.74 Å². The van der Waals surface area contributed by atoms with E-state index >= 15 is 0 Å². The van der Waals surface area contributed by atoms with Crippen molar-refractivity contribution in [2.45, 2.75) is 64.5 Å². The highest BCUT2D eigenvalue weighted by Crippen LogP contribution is 2.38. The van der Waals surface area contributed by atoms with Crippen LogP contribution < -0.4 is 15.8 Å². The lowest BCUT2D eigenvalue weighted by Crippen LogP contribution is -2.44. The van der Waals surface area contributed by atoms with Crippen molar-refractivity contribution >= 4 is 11.5 Å². The first kappa shape index (κ1) is 14.0. The van der Waals surface area contributed by atoms with Crippen molar-refractivity contribution in [1.82, 2.24) is 4.98 Å². The summed E-state index contributed by atoms with van der Waals surface area (Å²) in [6, 6.07) is 3.79. The Morgan fingerprint density at radius 2 is 2.05 bits per heavy atom. The fourth-order valence-corrected chi connectivity index (χ4v) is 2.33. The average Bonchev–Trinajstić information content (AvgIpc) is 2.26. The second-order valence-electron chi connectivity index (χ2n) is 6.42. The van der Waals surface area contributed by atoms with Gasteiger partial charge in [0.25, 0.3) is 0 Å². The number of nitrogens with two attached hydrogens (primary N) is 1. The van der Waals surface area contributed by atoms with E-state index in [1.165, 1.54) is 19.3 Å². The maximum absolute atomic E-state index is 5.92. The molecule has 0 aliphatic heterocycles. The Morgan fingerprint density at radius 3 is 2.53 bits per heavy atom. The second-order valence-corrected chi connectivity index (χ2v) is 6.42. The van der Waals surface area contributed by atoms with Crippen molar-refractivity contribution in [2.75, 3.05) is 11.1 Å². The van der Waals surface area contributed by atoms with E-state index in [-0.39, 0.29) is 11.1 Å². The molecular formula is C15H25N3O. The van der Waals surface area contributed by atoms with Gasteiger partial charge in [-0.05, 0) is 58.6 Å². The van der Waals surface area contributed by atoms with Gasteiger partial charge in [-0.1, -0.05) is 6.92 Å². The topological polar surface area (TPSA) is 60.2 Å². The van der Waals surface area contributed by atoms with Gasteiger partial charge < -0.3 is 15.8 Å². The SMILES string of the molecule is CCC1(Nc2ccc(N)c(OC(C)(C)C)n2)CCC1. The number of anilines is 2. The fraction of sp³-hybridized carbons (Fsp3) is 0.667. The van der Waals surface area contributed by atoms with E-state index in [2.05, 4.69) is 17.2 Å².